The summed E-state index contributed by atoms with van der Waals surface area (Å²) in [7, 11) is 0. The first-order valence-electron chi connectivity index (χ1n) is 7.73. The van der Waals surface area contributed by atoms with E-state index in [1.54, 1.807) is 24.3 Å². The van der Waals surface area contributed by atoms with Gasteiger partial charge in [-0.05, 0) is 59.8 Å². The van der Waals surface area contributed by atoms with Gasteiger partial charge < -0.3 is 14.5 Å². The summed E-state index contributed by atoms with van der Waals surface area (Å²) in [5.41, 5.74) is 0.512. The average molecular weight is 390 g/mol. The van der Waals surface area contributed by atoms with Crippen LogP contribution in [0.1, 0.15) is 41.8 Å². The van der Waals surface area contributed by atoms with Gasteiger partial charge in [-0.1, -0.05) is 0 Å². The number of nitriles is 1. The topological polar surface area (TPSA) is 88.1 Å². The fraction of sp³-hybridized carbons (Fsp3) is 0.353. The van der Waals surface area contributed by atoms with E-state index in [0.29, 0.717) is 21.9 Å². The van der Waals surface area contributed by atoms with Crippen LogP contribution in [0, 0.1) is 11.3 Å². The number of furan rings is 1. The van der Waals surface area contributed by atoms with Crippen molar-refractivity contribution in [1.29, 1.82) is 5.26 Å². The summed E-state index contributed by atoms with van der Waals surface area (Å²) < 4.78 is 11.6. The van der Waals surface area contributed by atoms with Crippen molar-refractivity contribution in [3.05, 3.63) is 46.5 Å². The largest absolute Gasteiger partial charge is 0.474 e. The predicted octanol–water partition coefficient (Wildman–Crippen LogP) is 3.43. The van der Waals surface area contributed by atoms with Gasteiger partial charge in [-0.3, -0.25) is 4.79 Å². The molecule has 124 valence electrons. The summed E-state index contributed by atoms with van der Waals surface area (Å²) in [4.78, 5) is 16.2. The Kier molecular flexibility index (Phi) is 5.16. The zero-order valence-electron chi connectivity index (χ0n) is 12.9. The van der Waals surface area contributed by atoms with Crippen LogP contribution in [-0.2, 0) is 0 Å². The first kappa shape index (κ1) is 16.5. The van der Waals surface area contributed by atoms with E-state index >= 15 is 0 Å². The number of nitrogens with zero attached hydrogens (tertiary/aromatic N) is 2. The Balaban J connectivity index is 1.47. The van der Waals surface area contributed by atoms with Gasteiger partial charge in [0.05, 0.1) is 5.56 Å². The molecule has 3 rings (SSSR count). The van der Waals surface area contributed by atoms with Crippen molar-refractivity contribution >= 4 is 21.8 Å². The lowest BCUT2D eigenvalue weighted by atomic mass is 9.93. The van der Waals surface area contributed by atoms with E-state index in [1.165, 1.54) is 6.20 Å². The van der Waals surface area contributed by atoms with E-state index < -0.39 is 0 Å². The second kappa shape index (κ2) is 7.49. The smallest absolute Gasteiger partial charge is 0.287 e. The second-order valence-electron chi connectivity index (χ2n) is 5.67. The second-order valence-corrected chi connectivity index (χ2v) is 6.45. The van der Waals surface area contributed by atoms with Gasteiger partial charge in [0, 0.05) is 18.3 Å². The van der Waals surface area contributed by atoms with Gasteiger partial charge in [-0.2, -0.15) is 5.26 Å². The number of carbonyl (C=O) groups excluding carboxylic acids is 1. The van der Waals surface area contributed by atoms with Crippen molar-refractivity contribution in [2.45, 2.75) is 37.8 Å². The molecular formula is C17H16BrN3O3. The molecule has 1 amide bonds. The first-order valence-corrected chi connectivity index (χ1v) is 8.52. The summed E-state index contributed by atoms with van der Waals surface area (Å²) >= 11 is 3.19. The summed E-state index contributed by atoms with van der Waals surface area (Å²) in [6.45, 7) is 0. The Labute approximate surface area is 148 Å². The van der Waals surface area contributed by atoms with Gasteiger partial charge in [0.2, 0.25) is 5.88 Å². The van der Waals surface area contributed by atoms with Crippen molar-refractivity contribution in [1.82, 2.24) is 10.3 Å². The molecule has 24 heavy (non-hydrogen) atoms. The van der Waals surface area contributed by atoms with E-state index in [2.05, 4.69) is 26.2 Å². The van der Waals surface area contributed by atoms with Gasteiger partial charge in [0.1, 0.15) is 12.2 Å². The summed E-state index contributed by atoms with van der Waals surface area (Å²) in [6.07, 6.45) is 4.95. The van der Waals surface area contributed by atoms with E-state index in [-0.39, 0.29) is 18.1 Å². The molecule has 0 aromatic carbocycles. The van der Waals surface area contributed by atoms with Crippen LogP contribution in [0.2, 0.25) is 0 Å². The third kappa shape index (κ3) is 4.15. The fourth-order valence-electron chi connectivity index (χ4n) is 2.70. The summed E-state index contributed by atoms with van der Waals surface area (Å²) in [6, 6.07) is 8.89. The molecule has 2 aromatic rings. The molecule has 0 spiro atoms. The fourth-order valence-corrected chi connectivity index (χ4v) is 3.01. The maximum atomic E-state index is 12.1. The number of hydrogen-bond donors (Lipinski definition) is 1. The SMILES string of the molecule is N#Cc1ccc(OC2CCC(NC(=O)c3ccc(Br)o3)CC2)nc1. The van der Waals surface area contributed by atoms with Crippen molar-refractivity contribution in [2.24, 2.45) is 0 Å². The molecule has 0 saturated heterocycles. The zero-order valence-corrected chi connectivity index (χ0v) is 14.5. The Morgan fingerprint density at radius 1 is 1.29 bits per heavy atom. The highest BCUT2D eigenvalue weighted by atomic mass is 79.9. The molecule has 1 aliphatic carbocycles. The molecule has 1 saturated carbocycles. The quantitative estimate of drug-likeness (QED) is 0.864. The molecule has 0 radical (unpaired) electrons. The highest BCUT2D eigenvalue weighted by Gasteiger charge is 2.25. The minimum Gasteiger partial charge on any atom is -0.474 e. The Morgan fingerprint density at radius 3 is 2.67 bits per heavy atom. The maximum Gasteiger partial charge on any atom is 0.287 e. The van der Waals surface area contributed by atoms with Crippen molar-refractivity contribution in [3.63, 3.8) is 0 Å². The third-order valence-electron chi connectivity index (χ3n) is 3.96. The lowest BCUT2D eigenvalue weighted by Crippen LogP contribution is -2.39. The highest BCUT2D eigenvalue weighted by Crippen LogP contribution is 2.23. The molecule has 0 aliphatic heterocycles. The number of carbonyl (C=O) groups is 1. The molecular weight excluding hydrogens is 374 g/mol. The monoisotopic (exact) mass is 389 g/mol. The van der Waals surface area contributed by atoms with Crippen LogP contribution in [0.25, 0.3) is 0 Å². The van der Waals surface area contributed by atoms with Crippen molar-refractivity contribution < 1.29 is 13.9 Å². The molecule has 2 aromatic heterocycles. The van der Waals surface area contributed by atoms with Gasteiger partial charge in [0.15, 0.2) is 10.4 Å². The molecule has 1 N–H and O–H groups in total. The van der Waals surface area contributed by atoms with E-state index in [1.807, 2.05) is 6.07 Å². The molecule has 6 nitrogen and oxygen atoms in total. The minimum absolute atomic E-state index is 0.0799. The van der Waals surface area contributed by atoms with Crippen LogP contribution >= 0.6 is 15.9 Å². The van der Waals surface area contributed by atoms with Crippen LogP contribution in [-0.4, -0.2) is 23.0 Å². The standard InChI is InChI=1S/C17H16BrN3O3/c18-15-7-6-14(24-15)17(22)21-12-2-4-13(5-3-12)23-16-8-1-11(9-19)10-20-16/h1,6-8,10,12-13H,2-5H2,(H,21,22). The summed E-state index contributed by atoms with van der Waals surface area (Å²) in [5, 5.41) is 11.7. The van der Waals surface area contributed by atoms with Gasteiger partial charge in [0.25, 0.3) is 5.91 Å². The number of rotatable bonds is 4. The number of pyridine rings is 1. The lowest BCUT2D eigenvalue weighted by molar-refractivity contribution is 0.0862. The summed E-state index contributed by atoms with van der Waals surface area (Å²) in [5.74, 6) is 0.641. The average Bonchev–Trinajstić information content (AvgIpc) is 3.04. The Morgan fingerprint density at radius 2 is 2.08 bits per heavy atom. The number of ether oxygens (including phenoxy) is 1. The van der Waals surface area contributed by atoms with Crippen LogP contribution in [0.5, 0.6) is 5.88 Å². The molecule has 0 bridgehead atoms. The third-order valence-corrected chi connectivity index (χ3v) is 4.39. The maximum absolute atomic E-state index is 12.1. The molecule has 0 atom stereocenters. The van der Waals surface area contributed by atoms with Crippen molar-refractivity contribution in [2.75, 3.05) is 0 Å². The predicted molar refractivity (Wildman–Crippen MR) is 89.5 cm³/mol. The van der Waals surface area contributed by atoms with Crippen LogP contribution < -0.4 is 10.1 Å². The Hall–Kier alpha value is -2.33. The molecule has 7 heteroatoms. The normalized spacial score (nSPS) is 20.2. The first-order chi connectivity index (χ1) is 11.6. The van der Waals surface area contributed by atoms with E-state index in [4.69, 9.17) is 14.4 Å². The number of nitrogens with one attached hydrogen (secondary N) is 1. The zero-order chi connectivity index (χ0) is 16.9. The van der Waals surface area contributed by atoms with Gasteiger partial charge in [-0.15, -0.1) is 0 Å². The molecule has 1 fully saturated rings. The number of halogens is 1. The number of hydrogen-bond acceptors (Lipinski definition) is 5. The molecule has 0 unspecified atom stereocenters. The van der Waals surface area contributed by atoms with Gasteiger partial charge >= 0.3 is 0 Å². The highest BCUT2D eigenvalue weighted by molar-refractivity contribution is 9.10. The number of amides is 1. The Bertz CT molecular complexity index is 743. The van der Waals surface area contributed by atoms with Crippen LogP contribution in [0.4, 0.5) is 0 Å². The molecule has 1 aliphatic rings. The molecule has 2 heterocycles. The number of aromatic nitrogens is 1. The van der Waals surface area contributed by atoms with Crippen LogP contribution in [0.15, 0.2) is 39.5 Å². The van der Waals surface area contributed by atoms with E-state index in [9.17, 15) is 4.79 Å². The minimum atomic E-state index is -0.196. The lowest BCUT2D eigenvalue weighted by Gasteiger charge is -2.28. The van der Waals surface area contributed by atoms with E-state index in [0.717, 1.165) is 25.7 Å². The van der Waals surface area contributed by atoms with Crippen LogP contribution in [0.3, 0.4) is 0 Å². The van der Waals surface area contributed by atoms with Gasteiger partial charge in [-0.25, -0.2) is 4.98 Å². The van der Waals surface area contributed by atoms with Crippen molar-refractivity contribution in [3.8, 4) is 11.9 Å².